The second-order valence-corrected chi connectivity index (χ2v) is 4.53. The summed E-state index contributed by atoms with van der Waals surface area (Å²) in [5.74, 6) is 0. The van der Waals surface area contributed by atoms with Crippen molar-refractivity contribution >= 4 is 0 Å². The number of rotatable bonds is 20. The first kappa shape index (κ1) is 26.5. The van der Waals surface area contributed by atoms with E-state index in [4.69, 9.17) is 34.2 Å². The molecule has 0 unspecified atom stereocenters. The summed E-state index contributed by atoms with van der Waals surface area (Å²) in [6.45, 7) is 7.89. The predicted octanol–water partition coefficient (Wildman–Crippen LogP) is 0.355. The Morgan fingerprint density at radius 3 is 1.12 bits per heavy atom. The third kappa shape index (κ3) is 24.5. The number of hydrogen-bond acceptors (Lipinski definition) is 7. The Kier molecular flexibility index (Phi) is 28.2. The molecule has 0 amide bonds. The third-order valence-corrected chi connectivity index (χ3v) is 2.60. The summed E-state index contributed by atoms with van der Waals surface area (Å²) in [5.41, 5.74) is 6.89. The number of nitrogens with one attached hydrogen (secondary N) is 2. The van der Waals surface area contributed by atoms with E-state index in [0.717, 1.165) is 6.54 Å². The molecule has 0 spiro atoms. The van der Waals surface area contributed by atoms with E-state index in [0.29, 0.717) is 85.8 Å². The van der Waals surface area contributed by atoms with Crippen LogP contribution in [-0.2, 0) is 47.0 Å². The number of hydrogen-bond donors (Lipinski definition) is 1. The topological polar surface area (TPSA) is 91.2 Å². The summed E-state index contributed by atoms with van der Waals surface area (Å²) in [6, 6.07) is 0. The van der Waals surface area contributed by atoms with Crippen LogP contribution in [0.1, 0.15) is 0 Å². The zero-order valence-electron chi connectivity index (χ0n) is 14.8. The monoisotopic (exact) mass is 388 g/mol. The Balaban J connectivity index is 0. The first-order valence-electron chi connectivity index (χ1n) is 8.17. The quantitative estimate of drug-likeness (QED) is 0.301. The van der Waals surface area contributed by atoms with Crippen molar-refractivity contribution in [1.29, 1.82) is 0 Å². The van der Waals surface area contributed by atoms with Crippen LogP contribution in [0, 0.1) is 0 Å². The van der Waals surface area contributed by atoms with Crippen molar-refractivity contribution in [2.75, 3.05) is 99.4 Å². The maximum absolute atomic E-state index is 6.89. The molecule has 0 aromatic rings. The molecule has 24 heavy (non-hydrogen) atoms. The molecule has 0 aliphatic heterocycles. The molecule has 0 aromatic heterocycles. The maximum atomic E-state index is 6.89. The Morgan fingerprint density at radius 1 is 0.542 bits per heavy atom. The Morgan fingerprint density at radius 2 is 0.833 bits per heavy atom. The van der Waals surface area contributed by atoms with E-state index in [1.54, 1.807) is 0 Å². The zero-order valence-corrected chi connectivity index (χ0v) is 16.2. The van der Waals surface area contributed by atoms with Gasteiger partial charge in [-0.25, -0.2) is 0 Å². The van der Waals surface area contributed by atoms with E-state index in [-0.39, 0.29) is 18.6 Å². The molecule has 145 valence electrons. The van der Waals surface area contributed by atoms with E-state index in [1.165, 1.54) is 0 Å². The third-order valence-electron chi connectivity index (χ3n) is 2.60. The molecule has 0 fully saturated rings. The second kappa shape index (κ2) is 25.5. The molecule has 0 rings (SSSR count). The van der Waals surface area contributed by atoms with Crippen molar-refractivity contribution in [1.82, 2.24) is 5.32 Å². The molecule has 0 heterocycles. The first-order chi connectivity index (χ1) is 11.4. The molecule has 0 aliphatic rings. The van der Waals surface area contributed by atoms with Crippen molar-refractivity contribution in [3.63, 3.8) is 0 Å². The summed E-state index contributed by atoms with van der Waals surface area (Å²) in [6.07, 6.45) is 0. The van der Waals surface area contributed by atoms with E-state index < -0.39 is 0 Å². The predicted molar refractivity (Wildman–Crippen MR) is 88.0 cm³/mol. The van der Waals surface area contributed by atoms with Crippen LogP contribution in [0.2, 0.25) is 0 Å². The summed E-state index contributed by atoms with van der Waals surface area (Å²) >= 11 is 0. The molecule has 0 atom stereocenters. The van der Waals surface area contributed by atoms with Crippen LogP contribution < -0.4 is 5.32 Å². The van der Waals surface area contributed by atoms with Gasteiger partial charge in [0.05, 0.1) is 72.7 Å². The van der Waals surface area contributed by atoms with Crippen molar-refractivity contribution in [3.05, 3.63) is 5.73 Å². The van der Waals surface area contributed by atoms with E-state index in [9.17, 15) is 0 Å². The van der Waals surface area contributed by atoms with Gasteiger partial charge in [-0.2, -0.15) is 0 Å². The van der Waals surface area contributed by atoms with Crippen LogP contribution in [0.25, 0.3) is 5.73 Å². The van der Waals surface area contributed by atoms with Crippen LogP contribution in [0.5, 0.6) is 0 Å². The SMILES string of the molecule is CNCCOCCOCCOCCOCCOCCOCC[NH-].[V]. The molecule has 0 bridgehead atoms. The smallest absolute Gasteiger partial charge is 0.0701 e. The van der Waals surface area contributed by atoms with Crippen LogP contribution in [0.4, 0.5) is 0 Å². The Hall–Kier alpha value is 0.264. The number of likely N-dealkylation sites (N-methyl/N-ethyl adjacent to an activating group) is 1. The van der Waals surface area contributed by atoms with Crippen LogP contribution >= 0.6 is 0 Å². The van der Waals surface area contributed by atoms with Gasteiger partial charge in [0.2, 0.25) is 0 Å². The summed E-state index contributed by atoms with van der Waals surface area (Å²) in [4.78, 5) is 0. The van der Waals surface area contributed by atoms with Gasteiger partial charge in [0.25, 0.3) is 0 Å². The first-order valence-corrected chi connectivity index (χ1v) is 8.17. The van der Waals surface area contributed by atoms with Crippen molar-refractivity contribution in [2.24, 2.45) is 0 Å². The van der Waals surface area contributed by atoms with E-state index >= 15 is 0 Å². The summed E-state index contributed by atoms with van der Waals surface area (Å²) in [5, 5.41) is 3.01. The summed E-state index contributed by atoms with van der Waals surface area (Å²) < 4.78 is 31.8. The zero-order chi connectivity index (χ0) is 16.8. The van der Waals surface area contributed by atoms with Gasteiger partial charge in [-0.05, 0) is 7.05 Å². The van der Waals surface area contributed by atoms with Crippen LogP contribution in [0.15, 0.2) is 0 Å². The molecule has 8 nitrogen and oxygen atoms in total. The largest absolute Gasteiger partial charge is 0.676 e. The molecule has 0 aliphatic carbocycles. The standard InChI is InChI=1S/C15H33N2O6.V/c1-17-3-5-19-7-9-21-11-13-23-15-14-22-12-10-20-8-6-18-4-2-16;/h16-17H,2-15H2,1H3;/q-1;. The summed E-state index contributed by atoms with van der Waals surface area (Å²) in [7, 11) is 1.89. The van der Waals surface area contributed by atoms with E-state index in [2.05, 4.69) is 5.32 Å². The molecule has 1 radical (unpaired) electrons. The van der Waals surface area contributed by atoms with Crippen molar-refractivity contribution in [2.45, 2.75) is 0 Å². The average Bonchev–Trinajstić information content (AvgIpc) is 2.57. The molecule has 0 saturated heterocycles. The van der Waals surface area contributed by atoms with Crippen LogP contribution in [-0.4, -0.2) is 99.4 Å². The average molecular weight is 388 g/mol. The fourth-order valence-electron chi connectivity index (χ4n) is 1.45. The van der Waals surface area contributed by atoms with Gasteiger partial charge >= 0.3 is 0 Å². The van der Waals surface area contributed by atoms with Gasteiger partial charge in [-0.15, -0.1) is 6.54 Å². The molecule has 9 heteroatoms. The molecule has 2 N–H and O–H groups in total. The molecular formula is C15H33N2O6V-. The fraction of sp³-hybridized carbons (Fsp3) is 1.00. The van der Waals surface area contributed by atoms with Gasteiger partial charge in [-0.3, -0.25) is 0 Å². The molecule has 0 saturated carbocycles. The Labute approximate surface area is 157 Å². The van der Waals surface area contributed by atoms with Gasteiger partial charge in [0, 0.05) is 31.7 Å². The van der Waals surface area contributed by atoms with Crippen molar-refractivity contribution < 1.29 is 47.0 Å². The van der Waals surface area contributed by atoms with Gasteiger partial charge < -0.3 is 39.5 Å². The fourth-order valence-corrected chi connectivity index (χ4v) is 1.45. The molecular weight excluding hydrogens is 355 g/mol. The minimum atomic E-state index is 0. The van der Waals surface area contributed by atoms with Gasteiger partial charge in [0.15, 0.2) is 0 Å². The maximum Gasteiger partial charge on any atom is 0.0701 e. The minimum absolute atomic E-state index is 0. The Bertz CT molecular complexity index is 198. The van der Waals surface area contributed by atoms with E-state index in [1.807, 2.05) is 7.05 Å². The normalized spacial score (nSPS) is 10.8. The van der Waals surface area contributed by atoms with Crippen molar-refractivity contribution in [3.8, 4) is 0 Å². The van der Waals surface area contributed by atoms with Gasteiger partial charge in [0.1, 0.15) is 0 Å². The van der Waals surface area contributed by atoms with Crippen LogP contribution in [0.3, 0.4) is 0 Å². The van der Waals surface area contributed by atoms with Gasteiger partial charge in [-0.1, -0.05) is 0 Å². The minimum Gasteiger partial charge on any atom is -0.676 e. The molecule has 0 aromatic carbocycles. The second-order valence-electron chi connectivity index (χ2n) is 4.53. The number of ether oxygens (including phenoxy) is 6.